The minimum Gasteiger partial charge on any atom is -0.395 e. The van der Waals surface area contributed by atoms with E-state index in [1.54, 1.807) is 30.3 Å². The van der Waals surface area contributed by atoms with E-state index >= 15 is 0 Å². The summed E-state index contributed by atoms with van der Waals surface area (Å²) in [6, 6.07) is 24.4. The summed E-state index contributed by atoms with van der Waals surface area (Å²) >= 11 is 0. The second kappa shape index (κ2) is 8.42. The highest BCUT2D eigenvalue weighted by Gasteiger charge is 2.16. The number of hydrogen-bond donors (Lipinski definition) is 2. The Labute approximate surface area is 178 Å². The molecule has 31 heavy (non-hydrogen) atoms. The standard InChI is InChI=1S/C22H17N5O3S/c23-22-20(26-24-17-8-2-1-3-9-17)13-19(31(28,29)30)14-21(22)27-25-18-11-10-15-6-4-5-7-16(15)12-18/h1-14H,23H2,(H,28,29,30). The largest absolute Gasteiger partial charge is 0.395 e. The molecule has 0 aliphatic heterocycles. The number of fused-ring (bicyclic) bond motifs is 1. The van der Waals surface area contributed by atoms with Gasteiger partial charge in [0.25, 0.3) is 10.1 Å². The van der Waals surface area contributed by atoms with Gasteiger partial charge >= 0.3 is 0 Å². The summed E-state index contributed by atoms with van der Waals surface area (Å²) in [5.74, 6) is 0. The van der Waals surface area contributed by atoms with Crippen LogP contribution in [-0.2, 0) is 10.1 Å². The van der Waals surface area contributed by atoms with Crippen molar-refractivity contribution in [2.24, 2.45) is 20.5 Å². The summed E-state index contributed by atoms with van der Waals surface area (Å²) in [4.78, 5) is -0.406. The van der Waals surface area contributed by atoms with Gasteiger partial charge in [0.2, 0.25) is 0 Å². The van der Waals surface area contributed by atoms with Crippen molar-refractivity contribution in [1.29, 1.82) is 0 Å². The number of nitrogens with zero attached hydrogens (tertiary/aromatic N) is 4. The van der Waals surface area contributed by atoms with Gasteiger partial charge in [-0.1, -0.05) is 48.5 Å². The molecule has 0 aromatic heterocycles. The molecule has 9 heteroatoms. The predicted octanol–water partition coefficient (Wildman–Crippen LogP) is 6.50. The Morgan fingerprint density at radius 2 is 1.23 bits per heavy atom. The number of azo groups is 2. The fourth-order valence-corrected chi connectivity index (χ4v) is 3.39. The van der Waals surface area contributed by atoms with Crippen LogP contribution in [0.4, 0.5) is 28.4 Å². The molecule has 0 aliphatic rings. The van der Waals surface area contributed by atoms with Crippen molar-refractivity contribution in [2.75, 3.05) is 5.73 Å². The van der Waals surface area contributed by atoms with Crippen LogP contribution in [0.25, 0.3) is 10.8 Å². The highest BCUT2D eigenvalue weighted by molar-refractivity contribution is 7.85. The Morgan fingerprint density at radius 1 is 0.645 bits per heavy atom. The van der Waals surface area contributed by atoms with Crippen LogP contribution in [0.1, 0.15) is 0 Å². The fraction of sp³-hybridized carbons (Fsp3) is 0. The van der Waals surface area contributed by atoms with Crippen LogP contribution in [0.15, 0.2) is 110 Å². The fourth-order valence-electron chi connectivity index (χ4n) is 2.87. The van der Waals surface area contributed by atoms with Gasteiger partial charge in [-0.2, -0.15) is 18.6 Å². The quantitative estimate of drug-likeness (QED) is 0.212. The van der Waals surface area contributed by atoms with E-state index in [9.17, 15) is 13.0 Å². The monoisotopic (exact) mass is 431 g/mol. The molecule has 3 N–H and O–H groups in total. The molecule has 0 amide bonds. The minimum atomic E-state index is -4.52. The lowest BCUT2D eigenvalue weighted by molar-refractivity contribution is 0.483. The van der Waals surface area contributed by atoms with Crippen LogP contribution >= 0.6 is 0 Å². The lowest BCUT2D eigenvalue weighted by Crippen LogP contribution is -1.99. The molecular weight excluding hydrogens is 414 g/mol. The third kappa shape index (κ3) is 4.80. The maximum atomic E-state index is 11.7. The number of benzene rings is 4. The zero-order valence-corrected chi connectivity index (χ0v) is 16.9. The molecule has 0 radical (unpaired) electrons. The summed E-state index contributed by atoms with van der Waals surface area (Å²) in [5.41, 5.74) is 7.42. The van der Waals surface area contributed by atoms with E-state index < -0.39 is 15.0 Å². The molecule has 4 aromatic carbocycles. The molecule has 4 aromatic rings. The average Bonchev–Trinajstić information content (AvgIpc) is 2.77. The molecule has 0 unspecified atom stereocenters. The van der Waals surface area contributed by atoms with E-state index in [0.29, 0.717) is 11.4 Å². The molecular formula is C22H17N5O3S. The summed E-state index contributed by atoms with van der Waals surface area (Å²) in [5, 5.41) is 18.4. The van der Waals surface area contributed by atoms with E-state index in [0.717, 1.165) is 22.9 Å². The van der Waals surface area contributed by atoms with Gasteiger partial charge in [0, 0.05) is 0 Å². The molecule has 154 valence electrons. The van der Waals surface area contributed by atoms with Crippen molar-refractivity contribution in [3.63, 3.8) is 0 Å². The molecule has 0 fully saturated rings. The molecule has 0 aliphatic carbocycles. The van der Waals surface area contributed by atoms with Crippen LogP contribution < -0.4 is 5.73 Å². The maximum Gasteiger partial charge on any atom is 0.294 e. The Bertz CT molecular complexity index is 1420. The normalized spacial score (nSPS) is 12.2. The molecule has 8 nitrogen and oxygen atoms in total. The molecule has 4 rings (SSSR count). The smallest absolute Gasteiger partial charge is 0.294 e. The molecule has 0 heterocycles. The second-order valence-electron chi connectivity index (χ2n) is 6.62. The van der Waals surface area contributed by atoms with Gasteiger partial charge in [0.1, 0.15) is 11.4 Å². The molecule has 0 atom stereocenters. The van der Waals surface area contributed by atoms with Crippen LogP contribution in [0.2, 0.25) is 0 Å². The molecule has 0 spiro atoms. The molecule has 0 saturated heterocycles. The minimum absolute atomic E-state index is 0.0466. The third-order valence-corrected chi connectivity index (χ3v) is 5.27. The zero-order valence-electron chi connectivity index (χ0n) is 16.1. The maximum absolute atomic E-state index is 11.7. The number of anilines is 1. The number of nitrogens with two attached hydrogens (primary N) is 1. The van der Waals surface area contributed by atoms with Crippen LogP contribution in [0.5, 0.6) is 0 Å². The van der Waals surface area contributed by atoms with Crippen molar-refractivity contribution < 1.29 is 13.0 Å². The van der Waals surface area contributed by atoms with Gasteiger partial charge < -0.3 is 5.73 Å². The lowest BCUT2D eigenvalue weighted by atomic mass is 10.1. The molecule has 0 saturated carbocycles. The van der Waals surface area contributed by atoms with Gasteiger partial charge in [-0.15, -0.1) is 10.2 Å². The first-order chi connectivity index (χ1) is 14.9. The topological polar surface area (TPSA) is 130 Å². The summed E-state index contributed by atoms with van der Waals surface area (Å²) < 4.78 is 32.9. The van der Waals surface area contributed by atoms with Crippen LogP contribution in [0.3, 0.4) is 0 Å². The Balaban J connectivity index is 1.75. The van der Waals surface area contributed by atoms with Crippen molar-refractivity contribution in [3.8, 4) is 0 Å². The lowest BCUT2D eigenvalue weighted by Gasteiger charge is -2.06. The predicted molar refractivity (Wildman–Crippen MR) is 119 cm³/mol. The zero-order chi connectivity index (χ0) is 21.8. The van der Waals surface area contributed by atoms with E-state index in [1.165, 1.54) is 0 Å². The van der Waals surface area contributed by atoms with Crippen molar-refractivity contribution >= 4 is 49.3 Å². The third-order valence-electron chi connectivity index (χ3n) is 4.44. The molecule has 0 bridgehead atoms. The van der Waals surface area contributed by atoms with Gasteiger partial charge in [0.05, 0.1) is 22.0 Å². The Morgan fingerprint density at radius 3 is 1.87 bits per heavy atom. The first-order valence-corrected chi connectivity index (χ1v) is 10.6. The van der Waals surface area contributed by atoms with E-state index in [4.69, 9.17) is 5.73 Å². The first kappa shape index (κ1) is 20.3. The SMILES string of the molecule is Nc1c(N=Nc2ccccc2)cc(S(=O)(=O)O)cc1N=Nc1ccc2ccccc2c1. The summed E-state index contributed by atoms with van der Waals surface area (Å²) in [6.07, 6.45) is 0. The van der Waals surface area contributed by atoms with E-state index in [-0.39, 0.29) is 17.1 Å². The van der Waals surface area contributed by atoms with E-state index in [2.05, 4.69) is 20.5 Å². The van der Waals surface area contributed by atoms with Gasteiger partial charge in [0.15, 0.2) is 0 Å². The van der Waals surface area contributed by atoms with E-state index in [1.807, 2.05) is 42.5 Å². The van der Waals surface area contributed by atoms with Crippen molar-refractivity contribution in [2.45, 2.75) is 4.90 Å². The number of rotatable bonds is 5. The summed E-state index contributed by atoms with van der Waals surface area (Å²) in [6.45, 7) is 0. The highest BCUT2D eigenvalue weighted by Crippen LogP contribution is 2.37. The van der Waals surface area contributed by atoms with Gasteiger partial charge in [-0.3, -0.25) is 4.55 Å². The van der Waals surface area contributed by atoms with Crippen LogP contribution in [-0.4, -0.2) is 13.0 Å². The second-order valence-corrected chi connectivity index (χ2v) is 8.04. The average molecular weight is 431 g/mol. The van der Waals surface area contributed by atoms with Gasteiger partial charge in [-0.05, 0) is 47.2 Å². The van der Waals surface area contributed by atoms with Gasteiger partial charge in [-0.25, -0.2) is 0 Å². The van der Waals surface area contributed by atoms with Crippen molar-refractivity contribution in [3.05, 3.63) is 84.9 Å². The Hall–Kier alpha value is -3.95. The van der Waals surface area contributed by atoms with Crippen LogP contribution in [0, 0.1) is 0 Å². The highest BCUT2D eigenvalue weighted by atomic mass is 32.2. The Kier molecular flexibility index (Phi) is 5.52. The van der Waals surface area contributed by atoms with Crippen molar-refractivity contribution in [1.82, 2.24) is 0 Å². The summed E-state index contributed by atoms with van der Waals surface area (Å²) in [7, 11) is -4.52. The first-order valence-electron chi connectivity index (χ1n) is 9.18. The number of nitrogen functional groups attached to an aromatic ring is 1. The number of hydrogen-bond acceptors (Lipinski definition) is 7.